The molecule has 0 aliphatic heterocycles. The molecule has 6 heteroatoms. The van der Waals surface area contributed by atoms with Gasteiger partial charge in [-0.2, -0.15) is 0 Å². The third kappa shape index (κ3) is 3.57. The van der Waals surface area contributed by atoms with E-state index in [1.165, 1.54) is 6.26 Å². The molecule has 2 aromatic rings. The number of hydrogen-bond acceptors (Lipinski definition) is 3. The lowest BCUT2D eigenvalue weighted by atomic mass is 10.1. The summed E-state index contributed by atoms with van der Waals surface area (Å²) in [6.07, 6.45) is 1.08. The van der Waals surface area contributed by atoms with Gasteiger partial charge in [-0.05, 0) is 25.0 Å². The Morgan fingerprint density at radius 1 is 1.27 bits per heavy atom. The minimum Gasteiger partial charge on any atom is -0.481 e. The van der Waals surface area contributed by atoms with Crippen molar-refractivity contribution in [1.29, 1.82) is 0 Å². The molecule has 0 saturated carbocycles. The minimum absolute atomic E-state index is 0.172. The molecule has 1 amide bonds. The van der Waals surface area contributed by atoms with Crippen molar-refractivity contribution >= 4 is 27.8 Å². The van der Waals surface area contributed by atoms with Gasteiger partial charge < -0.3 is 14.8 Å². The van der Waals surface area contributed by atoms with Gasteiger partial charge >= 0.3 is 5.97 Å². The summed E-state index contributed by atoms with van der Waals surface area (Å²) in [4.78, 5) is 23.1. The van der Waals surface area contributed by atoms with Crippen LogP contribution in [0.15, 0.2) is 33.4 Å². The number of benzene rings is 1. The first-order valence-corrected chi connectivity index (χ1v) is 7.50. The lowest BCUT2D eigenvalue weighted by Crippen LogP contribution is -2.24. The normalized spacial score (nSPS) is 10.5. The maximum atomic E-state index is 12.3. The van der Waals surface area contributed by atoms with Crippen molar-refractivity contribution in [1.82, 2.24) is 5.32 Å². The Labute approximate surface area is 136 Å². The Morgan fingerprint density at radius 2 is 2.00 bits per heavy atom. The summed E-state index contributed by atoms with van der Waals surface area (Å²) in [6, 6.07) is 5.80. The molecule has 0 aliphatic rings. The molecule has 0 unspecified atom stereocenters. The minimum atomic E-state index is -1.04. The summed E-state index contributed by atoms with van der Waals surface area (Å²) in [6.45, 7) is 4.03. The van der Waals surface area contributed by atoms with Crippen LogP contribution in [-0.4, -0.2) is 17.0 Å². The van der Waals surface area contributed by atoms with Gasteiger partial charge in [0.1, 0.15) is 12.2 Å². The van der Waals surface area contributed by atoms with Crippen molar-refractivity contribution in [3.63, 3.8) is 0 Å². The highest BCUT2D eigenvalue weighted by Gasteiger charge is 2.20. The maximum absolute atomic E-state index is 12.3. The van der Waals surface area contributed by atoms with E-state index in [1.807, 2.05) is 25.1 Å². The smallest absolute Gasteiger partial charge is 0.311 e. The number of carboxylic acid groups (broad SMARTS) is 1. The summed E-state index contributed by atoms with van der Waals surface area (Å²) < 4.78 is 6.12. The van der Waals surface area contributed by atoms with Crippen LogP contribution in [0.5, 0.6) is 0 Å². The average molecular weight is 366 g/mol. The summed E-state index contributed by atoms with van der Waals surface area (Å²) >= 11 is 3.49. The molecular weight excluding hydrogens is 350 g/mol. The standard InChI is InChI=1S/C16H16BrNO4/c1-9-4-3-5-11(15(9)17)7-18-16(21)14-10(2)8-22-12(14)6-13(19)20/h3-5,8H,6-7H2,1-2H3,(H,18,21)(H,19,20). The van der Waals surface area contributed by atoms with E-state index in [1.54, 1.807) is 6.92 Å². The quantitative estimate of drug-likeness (QED) is 0.852. The first-order chi connectivity index (χ1) is 10.4. The molecule has 0 fully saturated rings. The lowest BCUT2D eigenvalue weighted by Gasteiger charge is -2.09. The molecule has 1 aromatic carbocycles. The van der Waals surface area contributed by atoms with Gasteiger partial charge in [-0.15, -0.1) is 0 Å². The van der Waals surface area contributed by atoms with Gasteiger partial charge in [-0.25, -0.2) is 0 Å². The Morgan fingerprint density at radius 3 is 2.68 bits per heavy atom. The molecule has 0 atom stereocenters. The van der Waals surface area contributed by atoms with Gasteiger partial charge in [-0.1, -0.05) is 34.1 Å². The molecule has 0 bridgehead atoms. The number of amides is 1. The Bertz CT molecular complexity index is 721. The molecule has 2 rings (SSSR count). The second-order valence-corrected chi connectivity index (χ2v) is 5.81. The number of halogens is 1. The van der Waals surface area contributed by atoms with E-state index in [2.05, 4.69) is 21.2 Å². The van der Waals surface area contributed by atoms with Crippen LogP contribution in [0.2, 0.25) is 0 Å². The predicted octanol–water partition coefficient (Wildman–Crippen LogP) is 3.22. The van der Waals surface area contributed by atoms with Crippen molar-refractivity contribution in [2.75, 3.05) is 0 Å². The number of nitrogens with one attached hydrogen (secondary N) is 1. The van der Waals surface area contributed by atoms with E-state index in [0.717, 1.165) is 15.6 Å². The number of carbonyl (C=O) groups is 2. The lowest BCUT2D eigenvalue weighted by molar-refractivity contribution is -0.136. The average Bonchev–Trinajstić information content (AvgIpc) is 2.80. The summed E-state index contributed by atoms with van der Waals surface area (Å²) in [5, 5.41) is 11.7. The topological polar surface area (TPSA) is 79.5 Å². The Kier molecular flexibility index (Phi) is 5.03. The van der Waals surface area contributed by atoms with Crippen molar-refractivity contribution in [2.45, 2.75) is 26.8 Å². The molecule has 2 N–H and O–H groups in total. The van der Waals surface area contributed by atoms with Gasteiger partial charge in [0, 0.05) is 16.6 Å². The summed E-state index contributed by atoms with van der Waals surface area (Å²) in [5.74, 6) is -1.20. The molecule has 5 nitrogen and oxygen atoms in total. The molecule has 116 valence electrons. The van der Waals surface area contributed by atoms with Crippen LogP contribution in [0.4, 0.5) is 0 Å². The van der Waals surface area contributed by atoms with Crippen LogP contribution in [0.1, 0.15) is 32.8 Å². The first-order valence-electron chi connectivity index (χ1n) is 6.71. The van der Waals surface area contributed by atoms with E-state index in [-0.39, 0.29) is 18.1 Å². The van der Waals surface area contributed by atoms with Gasteiger partial charge in [0.2, 0.25) is 0 Å². The predicted molar refractivity (Wildman–Crippen MR) is 84.8 cm³/mol. The zero-order chi connectivity index (χ0) is 16.3. The van der Waals surface area contributed by atoms with Crippen molar-refractivity contribution in [2.24, 2.45) is 0 Å². The molecule has 22 heavy (non-hydrogen) atoms. The third-order valence-electron chi connectivity index (χ3n) is 3.30. The highest BCUT2D eigenvalue weighted by atomic mass is 79.9. The maximum Gasteiger partial charge on any atom is 0.311 e. The molecule has 1 heterocycles. The van der Waals surface area contributed by atoms with Crippen LogP contribution in [0, 0.1) is 13.8 Å². The number of aryl methyl sites for hydroxylation is 2. The zero-order valence-corrected chi connectivity index (χ0v) is 13.9. The second-order valence-electron chi connectivity index (χ2n) is 5.02. The van der Waals surface area contributed by atoms with E-state index >= 15 is 0 Å². The Hall–Kier alpha value is -2.08. The Balaban J connectivity index is 2.14. The van der Waals surface area contributed by atoms with E-state index < -0.39 is 5.97 Å². The van der Waals surface area contributed by atoms with Crippen LogP contribution in [-0.2, 0) is 17.8 Å². The van der Waals surface area contributed by atoms with E-state index in [0.29, 0.717) is 17.7 Å². The molecule has 0 saturated heterocycles. The summed E-state index contributed by atoms with van der Waals surface area (Å²) in [7, 11) is 0. The highest BCUT2D eigenvalue weighted by Crippen LogP contribution is 2.22. The summed E-state index contributed by atoms with van der Waals surface area (Å²) in [5.41, 5.74) is 2.95. The fourth-order valence-corrected chi connectivity index (χ4v) is 2.58. The fraction of sp³-hybridized carbons (Fsp3) is 0.250. The number of aliphatic carboxylic acids is 1. The SMILES string of the molecule is Cc1cccc(CNC(=O)c2c(C)coc2CC(=O)O)c1Br. The molecule has 1 aromatic heterocycles. The largest absolute Gasteiger partial charge is 0.481 e. The van der Waals surface area contributed by atoms with Gasteiger partial charge in [0.15, 0.2) is 0 Å². The van der Waals surface area contributed by atoms with Crippen LogP contribution >= 0.6 is 15.9 Å². The van der Waals surface area contributed by atoms with Crippen molar-refractivity contribution < 1.29 is 19.1 Å². The number of carbonyl (C=O) groups excluding carboxylic acids is 1. The number of furan rings is 1. The fourth-order valence-electron chi connectivity index (χ4n) is 2.18. The number of carboxylic acids is 1. The molecule has 0 radical (unpaired) electrons. The van der Waals surface area contributed by atoms with Crippen LogP contribution < -0.4 is 5.32 Å². The third-order valence-corrected chi connectivity index (χ3v) is 4.44. The molecular formula is C16H16BrNO4. The zero-order valence-electron chi connectivity index (χ0n) is 12.3. The van der Waals surface area contributed by atoms with Crippen molar-refractivity contribution in [3.05, 3.63) is 56.9 Å². The first kappa shape index (κ1) is 16.3. The second kappa shape index (κ2) is 6.79. The van der Waals surface area contributed by atoms with Gasteiger partial charge in [-0.3, -0.25) is 9.59 Å². The van der Waals surface area contributed by atoms with Crippen LogP contribution in [0.3, 0.4) is 0 Å². The monoisotopic (exact) mass is 365 g/mol. The molecule has 0 spiro atoms. The van der Waals surface area contributed by atoms with Crippen LogP contribution in [0.25, 0.3) is 0 Å². The number of rotatable bonds is 5. The van der Waals surface area contributed by atoms with Crippen molar-refractivity contribution in [3.8, 4) is 0 Å². The van der Waals surface area contributed by atoms with Gasteiger partial charge in [0.05, 0.1) is 11.8 Å². The van der Waals surface area contributed by atoms with Gasteiger partial charge in [0.25, 0.3) is 5.91 Å². The number of hydrogen-bond donors (Lipinski definition) is 2. The van der Waals surface area contributed by atoms with E-state index in [4.69, 9.17) is 9.52 Å². The highest BCUT2D eigenvalue weighted by molar-refractivity contribution is 9.10. The van der Waals surface area contributed by atoms with E-state index in [9.17, 15) is 9.59 Å². The molecule has 0 aliphatic carbocycles.